The number of hydrogen-bond donors (Lipinski definition) is 0. The van der Waals surface area contributed by atoms with Crippen molar-refractivity contribution in [3.8, 4) is 0 Å². The van der Waals surface area contributed by atoms with E-state index in [1.807, 2.05) is 0 Å². The first kappa shape index (κ1) is 22.6. The second kappa shape index (κ2) is 18.0. The largest absolute Gasteiger partial charge is 0.456 e. The van der Waals surface area contributed by atoms with Crippen molar-refractivity contribution in [3.05, 3.63) is 24.8 Å². The number of carbonyl (C=O) groups is 2. The van der Waals surface area contributed by atoms with Crippen molar-refractivity contribution in [2.45, 2.75) is 90.4 Å². The van der Waals surface area contributed by atoms with Crippen molar-refractivity contribution in [3.63, 3.8) is 0 Å². The summed E-state index contributed by atoms with van der Waals surface area (Å²) in [5.41, 5.74) is 0. The van der Waals surface area contributed by atoms with E-state index < -0.39 is 11.8 Å². The zero-order chi connectivity index (χ0) is 17.9. The lowest BCUT2D eigenvalue weighted by molar-refractivity contribution is -0.153. The van der Waals surface area contributed by atoms with Crippen LogP contribution in [0.5, 0.6) is 0 Å². The van der Waals surface area contributed by atoms with Crippen molar-refractivity contribution in [1.82, 2.24) is 0 Å². The van der Waals surface area contributed by atoms with E-state index in [0.717, 1.165) is 32.1 Å². The van der Waals surface area contributed by atoms with Gasteiger partial charge in [0, 0.05) is 6.42 Å². The number of hydrogen-bond acceptors (Lipinski definition) is 3. The zero-order valence-corrected chi connectivity index (χ0v) is 15.6. The van der Waals surface area contributed by atoms with E-state index >= 15 is 0 Å². The van der Waals surface area contributed by atoms with E-state index in [1.54, 1.807) is 0 Å². The van der Waals surface area contributed by atoms with Gasteiger partial charge in [-0.1, -0.05) is 76.7 Å². The van der Waals surface area contributed by atoms with Gasteiger partial charge in [-0.2, -0.15) is 0 Å². The number of unbranched alkanes of at least 4 members (excludes halogenated alkanes) is 10. The van der Waals surface area contributed by atoms with Gasteiger partial charge >= 0.3 is 5.97 Å². The SMILES string of the molecule is C=CCOC(=O)C(=O)CCCCCC/C=C\CCCCCCCC. The number of Topliss-reactive ketones (excluding diaryl/α,β-unsaturated/α-hetero) is 1. The average molecular weight is 337 g/mol. The molecule has 0 spiro atoms. The van der Waals surface area contributed by atoms with Gasteiger partial charge in [-0.3, -0.25) is 4.79 Å². The molecule has 3 heteroatoms. The van der Waals surface area contributed by atoms with Crippen LogP contribution in [0.2, 0.25) is 0 Å². The topological polar surface area (TPSA) is 43.4 Å². The number of rotatable bonds is 17. The Morgan fingerprint density at radius 3 is 1.96 bits per heavy atom. The van der Waals surface area contributed by atoms with E-state index in [4.69, 9.17) is 4.74 Å². The third kappa shape index (κ3) is 15.5. The first-order valence-electron chi connectivity index (χ1n) is 9.68. The predicted molar refractivity (Wildman–Crippen MR) is 101 cm³/mol. The van der Waals surface area contributed by atoms with Crippen LogP contribution < -0.4 is 0 Å². The number of ether oxygens (including phenoxy) is 1. The molecule has 0 aromatic carbocycles. The molecule has 0 aromatic rings. The maximum atomic E-state index is 11.4. The quantitative estimate of drug-likeness (QED) is 0.143. The lowest BCUT2D eigenvalue weighted by atomic mass is 10.1. The molecule has 0 aromatic heterocycles. The smallest absolute Gasteiger partial charge is 0.374 e. The lowest BCUT2D eigenvalue weighted by Gasteiger charge is -2.01. The predicted octanol–water partition coefficient (Wildman–Crippen LogP) is 5.93. The minimum atomic E-state index is -0.729. The summed E-state index contributed by atoms with van der Waals surface area (Å²) in [6.45, 7) is 5.80. The monoisotopic (exact) mass is 336 g/mol. The molecule has 0 heterocycles. The minimum Gasteiger partial charge on any atom is -0.456 e. The number of allylic oxidation sites excluding steroid dienone is 2. The molecule has 0 aliphatic carbocycles. The van der Waals surface area contributed by atoms with Crippen molar-refractivity contribution in [1.29, 1.82) is 0 Å². The molecular formula is C21H36O3. The number of esters is 1. The maximum absolute atomic E-state index is 11.4. The highest BCUT2D eigenvalue weighted by Gasteiger charge is 2.13. The summed E-state index contributed by atoms with van der Waals surface area (Å²) in [5.74, 6) is -1.15. The molecule has 0 unspecified atom stereocenters. The highest BCUT2D eigenvalue weighted by Crippen LogP contribution is 2.09. The first-order chi connectivity index (χ1) is 11.7. The molecule has 0 bridgehead atoms. The van der Waals surface area contributed by atoms with Crippen molar-refractivity contribution >= 4 is 11.8 Å². The normalized spacial score (nSPS) is 10.9. The fraction of sp³-hybridized carbons (Fsp3) is 0.714. The summed E-state index contributed by atoms with van der Waals surface area (Å²) in [6, 6.07) is 0. The fourth-order valence-corrected chi connectivity index (χ4v) is 2.50. The Bertz CT molecular complexity index is 358. The molecule has 0 rings (SSSR count). The van der Waals surface area contributed by atoms with Gasteiger partial charge in [-0.05, 0) is 32.1 Å². The molecule has 0 N–H and O–H groups in total. The minimum absolute atomic E-state index is 0.107. The molecule has 0 amide bonds. The second-order valence-corrected chi connectivity index (χ2v) is 6.29. The van der Waals surface area contributed by atoms with Crippen LogP contribution in [0.3, 0.4) is 0 Å². The van der Waals surface area contributed by atoms with Gasteiger partial charge in [0.2, 0.25) is 5.78 Å². The van der Waals surface area contributed by atoms with Crippen LogP contribution in [0.4, 0.5) is 0 Å². The molecule has 0 radical (unpaired) electrons. The Kier molecular flexibility index (Phi) is 16.9. The maximum Gasteiger partial charge on any atom is 0.374 e. The first-order valence-corrected chi connectivity index (χ1v) is 9.68. The molecule has 0 saturated heterocycles. The highest BCUT2D eigenvalue weighted by molar-refractivity contribution is 6.33. The second-order valence-electron chi connectivity index (χ2n) is 6.29. The van der Waals surface area contributed by atoms with Crippen molar-refractivity contribution in [2.24, 2.45) is 0 Å². The lowest BCUT2D eigenvalue weighted by Crippen LogP contribution is -2.17. The summed E-state index contributed by atoms with van der Waals surface area (Å²) in [6.07, 6.45) is 20.8. The Morgan fingerprint density at radius 1 is 0.833 bits per heavy atom. The van der Waals surface area contributed by atoms with E-state index in [-0.39, 0.29) is 6.61 Å². The fourth-order valence-electron chi connectivity index (χ4n) is 2.50. The summed E-state index contributed by atoms with van der Waals surface area (Å²) >= 11 is 0. The van der Waals surface area contributed by atoms with Crippen molar-refractivity contribution < 1.29 is 14.3 Å². The highest BCUT2D eigenvalue weighted by atomic mass is 16.5. The van der Waals surface area contributed by atoms with Crippen LogP contribution in [0.25, 0.3) is 0 Å². The summed E-state index contributed by atoms with van der Waals surface area (Å²) in [4.78, 5) is 22.7. The summed E-state index contributed by atoms with van der Waals surface area (Å²) in [7, 11) is 0. The van der Waals surface area contributed by atoms with Crippen LogP contribution in [0.1, 0.15) is 90.4 Å². The van der Waals surface area contributed by atoms with Crippen LogP contribution in [-0.4, -0.2) is 18.4 Å². The molecule has 0 atom stereocenters. The number of carbonyl (C=O) groups excluding carboxylic acids is 2. The van der Waals surface area contributed by atoms with Gasteiger partial charge in [0.25, 0.3) is 0 Å². The van der Waals surface area contributed by atoms with Gasteiger partial charge in [-0.15, -0.1) is 0 Å². The average Bonchev–Trinajstić information content (AvgIpc) is 2.59. The molecule has 138 valence electrons. The molecule has 0 aliphatic heterocycles. The molecule has 0 saturated carbocycles. The van der Waals surface area contributed by atoms with Crippen molar-refractivity contribution in [2.75, 3.05) is 6.61 Å². The van der Waals surface area contributed by atoms with Gasteiger partial charge in [0.05, 0.1) is 0 Å². The van der Waals surface area contributed by atoms with Gasteiger partial charge in [0.15, 0.2) is 0 Å². The molecule has 3 nitrogen and oxygen atoms in total. The molecule has 0 fully saturated rings. The summed E-state index contributed by atoms with van der Waals surface area (Å²) < 4.78 is 4.71. The van der Waals surface area contributed by atoms with E-state index in [1.165, 1.54) is 51.0 Å². The molecular weight excluding hydrogens is 300 g/mol. The van der Waals surface area contributed by atoms with Crippen LogP contribution in [0, 0.1) is 0 Å². The van der Waals surface area contributed by atoms with Gasteiger partial charge < -0.3 is 4.74 Å². The van der Waals surface area contributed by atoms with Crippen LogP contribution in [0.15, 0.2) is 24.8 Å². The Hall–Kier alpha value is -1.38. The molecule has 0 aliphatic rings. The Labute approximate surface area is 148 Å². The third-order valence-corrected chi connectivity index (χ3v) is 3.98. The van der Waals surface area contributed by atoms with Crippen LogP contribution >= 0.6 is 0 Å². The van der Waals surface area contributed by atoms with E-state index in [0.29, 0.717) is 6.42 Å². The zero-order valence-electron chi connectivity index (χ0n) is 15.6. The third-order valence-electron chi connectivity index (χ3n) is 3.98. The van der Waals surface area contributed by atoms with E-state index in [2.05, 4.69) is 25.7 Å². The van der Waals surface area contributed by atoms with Crippen LogP contribution in [-0.2, 0) is 14.3 Å². The Morgan fingerprint density at radius 2 is 1.38 bits per heavy atom. The van der Waals surface area contributed by atoms with Gasteiger partial charge in [0.1, 0.15) is 6.61 Å². The number of ketones is 1. The standard InChI is InChI=1S/C21H36O3/c1-3-5-6-7-8-9-10-11-12-13-14-15-16-17-18-20(22)21(23)24-19-4-2/h4,11-12H,2-3,5-10,13-19H2,1H3/b12-11-. The Balaban J connectivity index is 3.32. The van der Waals surface area contributed by atoms with E-state index in [9.17, 15) is 9.59 Å². The van der Waals surface area contributed by atoms with Gasteiger partial charge in [-0.25, -0.2) is 4.79 Å². The molecule has 24 heavy (non-hydrogen) atoms. The summed E-state index contributed by atoms with van der Waals surface area (Å²) in [5, 5.41) is 0.